The number of hydrogen-bond acceptors (Lipinski definition) is 5. The Morgan fingerprint density at radius 1 is 1.21 bits per heavy atom. The summed E-state index contributed by atoms with van der Waals surface area (Å²) in [4.78, 5) is 29.4. The molecule has 0 radical (unpaired) electrons. The second-order valence-electron chi connectivity index (χ2n) is 9.80. The van der Waals surface area contributed by atoms with Gasteiger partial charge in [0.05, 0.1) is 35.8 Å². The maximum atomic E-state index is 13.4. The van der Waals surface area contributed by atoms with Crippen molar-refractivity contribution >= 4 is 29.1 Å². The van der Waals surface area contributed by atoms with E-state index in [1.54, 1.807) is 24.5 Å². The van der Waals surface area contributed by atoms with Crippen molar-refractivity contribution in [3.63, 3.8) is 0 Å². The van der Waals surface area contributed by atoms with Crippen LogP contribution in [0.2, 0.25) is 0 Å². The monoisotopic (exact) mass is 475 g/mol. The molecule has 0 N–H and O–H groups in total. The number of carbonyl (C=O) groups excluding carboxylic acids is 2. The van der Waals surface area contributed by atoms with Gasteiger partial charge in [0, 0.05) is 23.9 Å². The summed E-state index contributed by atoms with van der Waals surface area (Å²) in [5, 5.41) is 6.99. The summed E-state index contributed by atoms with van der Waals surface area (Å²) in [6.07, 6.45) is 6.45. The van der Waals surface area contributed by atoms with E-state index in [9.17, 15) is 9.59 Å². The summed E-state index contributed by atoms with van der Waals surface area (Å²) in [5.41, 5.74) is 3.14. The number of fused-ring (bicyclic) bond motifs is 1. The molecule has 1 fully saturated rings. The predicted octanol–water partition coefficient (Wildman–Crippen LogP) is 5.47. The summed E-state index contributed by atoms with van der Waals surface area (Å²) in [6, 6.07) is 11.5. The van der Waals surface area contributed by atoms with E-state index in [0.29, 0.717) is 18.5 Å². The minimum atomic E-state index is -0.195. The van der Waals surface area contributed by atoms with E-state index < -0.39 is 0 Å². The van der Waals surface area contributed by atoms with Crippen LogP contribution in [0.4, 0.5) is 0 Å². The minimum absolute atomic E-state index is 0.0350. The first-order valence-electron chi connectivity index (χ1n) is 11.7. The Labute approximate surface area is 203 Å². The molecule has 0 bridgehead atoms. The summed E-state index contributed by atoms with van der Waals surface area (Å²) in [7, 11) is 1.64. The lowest BCUT2D eigenvalue weighted by Gasteiger charge is -2.30. The first kappa shape index (κ1) is 22.6. The number of hydrogen-bond donors (Lipinski definition) is 0. The van der Waals surface area contributed by atoms with Gasteiger partial charge in [0.25, 0.3) is 0 Å². The van der Waals surface area contributed by atoms with Crippen molar-refractivity contribution in [1.29, 1.82) is 0 Å². The largest absolute Gasteiger partial charge is 0.497 e. The third-order valence-electron chi connectivity index (χ3n) is 6.67. The normalized spacial score (nSPS) is 19.6. The molecule has 2 aliphatic rings. The number of ketones is 1. The minimum Gasteiger partial charge on any atom is -0.497 e. The van der Waals surface area contributed by atoms with Crippen molar-refractivity contribution in [2.24, 2.45) is 5.41 Å². The van der Waals surface area contributed by atoms with Crippen molar-refractivity contribution < 1.29 is 14.3 Å². The zero-order chi connectivity index (χ0) is 23.9. The number of ether oxygens (including phenoxy) is 1. The average Bonchev–Trinajstić information content (AvgIpc) is 3.56. The number of likely N-dealkylation sites (tertiary alicyclic amines) is 1. The molecule has 176 valence electrons. The molecule has 1 aliphatic heterocycles. The van der Waals surface area contributed by atoms with Crippen molar-refractivity contribution in [1.82, 2.24) is 14.7 Å². The van der Waals surface area contributed by atoms with Gasteiger partial charge in [-0.3, -0.25) is 9.59 Å². The molecule has 1 atom stereocenters. The van der Waals surface area contributed by atoms with Gasteiger partial charge in [-0.15, -0.1) is 11.3 Å². The number of methoxy groups -OCH3 is 1. The summed E-state index contributed by atoms with van der Waals surface area (Å²) >= 11 is 1.60. The van der Waals surface area contributed by atoms with Crippen LogP contribution in [0.15, 0.2) is 47.9 Å². The maximum absolute atomic E-state index is 13.4. The van der Waals surface area contributed by atoms with E-state index in [-0.39, 0.29) is 23.1 Å². The molecule has 5 rings (SSSR count). The lowest BCUT2D eigenvalue weighted by Crippen LogP contribution is -2.31. The molecule has 34 heavy (non-hydrogen) atoms. The molecule has 1 saturated heterocycles. The van der Waals surface area contributed by atoms with Gasteiger partial charge in [-0.05, 0) is 66.5 Å². The Kier molecular flexibility index (Phi) is 5.90. The van der Waals surface area contributed by atoms with Crippen LogP contribution in [-0.4, -0.2) is 40.0 Å². The molecule has 6 nitrogen and oxygen atoms in total. The lowest BCUT2D eigenvalue weighted by molar-refractivity contribution is -0.126. The number of rotatable bonds is 5. The van der Waals surface area contributed by atoms with Crippen molar-refractivity contribution in [3.8, 4) is 11.4 Å². The van der Waals surface area contributed by atoms with Crippen LogP contribution in [0.25, 0.3) is 11.8 Å². The van der Waals surface area contributed by atoms with E-state index >= 15 is 0 Å². The molecule has 7 heteroatoms. The molecular formula is C27H29N3O3S. The molecule has 0 saturated carbocycles. The van der Waals surface area contributed by atoms with Crippen LogP contribution in [0.5, 0.6) is 5.75 Å². The SMILES string of the molecule is COc1ccc(-n2nc([C@@H]3CCCN3C(=O)/C=C/c3cccs3)c3c2CC(C)(C)CC3=O)cc1. The lowest BCUT2D eigenvalue weighted by atomic mass is 9.75. The average molecular weight is 476 g/mol. The number of amides is 1. The van der Waals surface area contributed by atoms with Crippen LogP contribution in [0, 0.1) is 5.41 Å². The first-order chi connectivity index (χ1) is 16.4. The molecule has 3 heterocycles. The Balaban J connectivity index is 1.55. The van der Waals surface area contributed by atoms with Gasteiger partial charge in [0.15, 0.2) is 5.78 Å². The third-order valence-corrected chi connectivity index (χ3v) is 7.51. The second kappa shape index (κ2) is 8.87. The van der Waals surface area contributed by atoms with Gasteiger partial charge in [-0.2, -0.15) is 5.10 Å². The third kappa shape index (κ3) is 4.20. The first-order valence-corrected chi connectivity index (χ1v) is 12.6. The summed E-state index contributed by atoms with van der Waals surface area (Å²) in [5.74, 6) is 0.855. The van der Waals surface area contributed by atoms with Crippen LogP contribution in [0.1, 0.15) is 65.8 Å². The molecule has 2 aromatic heterocycles. The highest BCUT2D eigenvalue weighted by Gasteiger charge is 2.41. The Morgan fingerprint density at radius 3 is 2.71 bits per heavy atom. The zero-order valence-corrected chi connectivity index (χ0v) is 20.6. The molecule has 1 aliphatic carbocycles. The van der Waals surface area contributed by atoms with Gasteiger partial charge in [0.1, 0.15) is 5.75 Å². The second-order valence-corrected chi connectivity index (χ2v) is 10.8. The van der Waals surface area contributed by atoms with Crippen LogP contribution in [0.3, 0.4) is 0 Å². The van der Waals surface area contributed by atoms with E-state index in [2.05, 4.69) is 13.8 Å². The van der Waals surface area contributed by atoms with Gasteiger partial charge in [-0.25, -0.2) is 4.68 Å². The topological polar surface area (TPSA) is 64.4 Å². The highest BCUT2D eigenvalue weighted by Crippen LogP contribution is 2.42. The van der Waals surface area contributed by atoms with Crippen molar-refractivity contribution in [2.45, 2.75) is 45.6 Å². The quantitative estimate of drug-likeness (QED) is 0.459. The summed E-state index contributed by atoms with van der Waals surface area (Å²) < 4.78 is 7.22. The number of nitrogens with zero attached hydrogens (tertiary/aromatic N) is 3. The molecule has 1 aromatic carbocycles. The summed E-state index contributed by atoms with van der Waals surface area (Å²) in [6.45, 7) is 4.92. The number of benzene rings is 1. The Bertz CT molecular complexity index is 1240. The van der Waals surface area contributed by atoms with Gasteiger partial charge in [0.2, 0.25) is 5.91 Å². The van der Waals surface area contributed by atoms with Crippen molar-refractivity contribution in [2.75, 3.05) is 13.7 Å². The van der Waals surface area contributed by atoms with Crippen molar-refractivity contribution in [3.05, 3.63) is 69.7 Å². The maximum Gasteiger partial charge on any atom is 0.247 e. The number of Topliss-reactive ketones (excluding diaryl/α,β-unsaturated/α-hetero) is 1. The smallest absolute Gasteiger partial charge is 0.247 e. The Hall–Kier alpha value is -3.19. The molecule has 1 amide bonds. The fourth-order valence-corrected chi connectivity index (χ4v) is 5.72. The highest BCUT2D eigenvalue weighted by molar-refractivity contribution is 7.10. The molecular weight excluding hydrogens is 446 g/mol. The Morgan fingerprint density at radius 2 is 2.00 bits per heavy atom. The van der Waals surface area contributed by atoms with Crippen LogP contribution < -0.4 is 4.74 Å². The van der Waals surface area contributed by atoms with Crippen LogP contribution >= 0.6 is 11.3 Å². The predicted molar refractivity (Wildman–Crippen MR) is 134 cm³/mol. The molecule has 0 spiro atoms. The zero-order valence-electron chi connectivity index (χ0n) is 19.8. The van der Waals surface area contributed by atoms with Gasteiger partial charge in [-0.1, -0.05) is 19.9 Å². The van der Waals surface area contributed by atoms with Gasteiger partial charge >= 0.3 is 0 Å². The fourth-order valence-electron chi connectivity index (χ4n) is 5.10. The molecule has 0 unspecified atom stereocenters. The standard InChI is InChI=1S/C27H29N3O3S/c1-27(2)16-22-25(23(31)17-27)26(28-30(22)18-8-10-19(33-3)11-9-18)21-7-4-14-29(21)24(32)13-12-20-6-5-15-34-20/h5-6,8-13,15,21H,4,7,14,16-17H2,1-3H3/b13-12+/t21-/m0/s1. The van der Waals surface area contributed by atoms with E-state index in [0.717, 1.165) is 47.0 Å². The van der Waals surface area contributed by atoms with E-state index in [1.165, 1.54) is 0 Å². The number of aromatic nitrogens is 2. The highest BCUT2D eigenvalue weighted by atomic mass is 32.1. The van der Waals surface area contributed by atoms with E-state index in [4.69, 9.17) is 9.84 Å². The number of carbonyl (C=O) groups is 2. The fraction of sp³-hybridized carbons (Fsp3) is 0.370. The van der Waals surface area contributed by atoms with Crippen LogP contribution in [-0.2, 0) is 11.2 Å². The van der Waals surface area contributed by atoms with Gasteiger partial charge < -0.3 is 9.64 Å². The van der Waals surface area contributed by atoms with E-state index in [1.807, 2.05) is 57.4 Å². The number of thiophene rings is 1. The molecule has 3 aromatic rings.